The zero-order chi connectivity index (χ0) is 15.4. The van der Waals surface area contributed by atoms with E-state index in [1.807, 2.05) is 6.92 Å². The normalized spacial score (nSPS) is 12.2. The summed E-state index contributed by atoms with van der Waals surface area (Å²) >= 11 is 0. The third-order valence-electron chi connectivity index (χ3n) is 2.93. The number of nitrogens with zero attached hydrogens (tertiary/aromatic N) is 2. The minimum absolute atomic E-state index is 0.0648. The van der Waals surface area contributed by atoms with Crippen LogP contribution in [-0.4, -0.2) is 31.0 Å². The Morgan fingerprint density at radius 1 is 1.24 bits per heavy atom. The van der Waals surface area contributed by atoms with Gasteiger partial charge in [-0.25, -0.2) is 4.39 Å². The molecular weight excluding hydrogens is 279 g/mol. The van der Waals surface area contributed by atoms with E-state index in [9.17, 15) is 4.39 Å². The van der Waals surface area contributed by atoms with Crippen LogP contribution in [0.3, 0.4) is 0 Å². The maximum absolute atomic E-state index is 14.1. The van der Waals surface area contributed by atoms with Crippen molar-refractivity contribution in [3.05, 3.63) is 23.8 Å². The Balaban J connectivity index is 2.38. The largest absolute Gasteiger partial charge is 0.493 e. The molecule has 1 aromatic heterocycles. The van der Waals surface area contributed by atoms with E-state index in [4.69, 9.17) is 18.7 Å². The Kier molecular flexibility index (Phi) is 4.74. The lowest BCUT2D eigenvalue weighted by atomic mass is 10.2. The molecule has 6 nitrogen and oxygen atoms in total. The van der Waals surface area contributed by atoms with Crippen LogP contribution in [0, 0.1) is 5.82 Å². The molecular formula is C14H17FN2O4. The second-order valence-electron chi connectivity index (χ2n) is 4.24. The van der Waals surface area contributed by atoms with Gasteiger partial charge < -0.3 is 18.7 Å². The highest BCUT2D eigenvalue weighted by atomic mass is 19.1. The number of methoxy groups -OCH3 is 2. The number of ether oxygens (including phenoxy) is 3. The van der Waals surface area contributed by atoms with Gasteiger partial charge in [-0.1, -0.05) is 5.16 Å². The maximum Gasteiger partial charge on any atom is 0.261 e. The number of rotatable bonds is 6. The summed E-state index contributed by atoms with van der Waals surface area (Å²) in [7, 11) is 2.90. The van der Waals surface area contributed by atoms with Crippen LogP contribution < -0.4 is 9.47 Å². The monoisotopic (exact) mass is 296 g/mol. The minimum atomic E-state index is -0.535. The van der Waals surface area contributed by atoms with Gasteiger partial charge >= 0.3 is 0 Å². The van der Waals surface area contributed by atoms with Gasteiger partial charge in [-0.3, -0.25) is 0 Å². The van der Waals surface area contributed by atoms with Crippen molar-refractivity contribution in [2.45, 2.75) is 20.0 Å². The highest BCUT2D eigenvalue weighted by molar-refractivity contribution is 5.60. The Morgan fingerprint density at radius 2 is 1.90 bits per heavy atom. The molecule has 114 valence electrons. The van der Waals surface area contributed by atoms with Crippen molar-refractivity contribution < 1.29 is 23.1 Å². The predicted octanol–water partition coefficient (Wildman–Crippen LogP) is 2.99. The van der Waals surface area contributed by atoms with Gasteiger partial charge in [0.05, 0.1) is 19.8 Å². The van der Waals surface area contributed by atoms with Gasteiger partial charge in [-0.05, 0) is 19.9 Å². The van der Waals surface area contributed by atoms with Crippen molar-refractivity contribution in [3.8, 4) is 23.0 Å². The molecule has 0 saturated heterocycles. The molecule has 0 unspecified atom stereocenters. The minimum Gasteiger partial charge on any atom is -0.493 e. The molecule has 0 saturated carbocycles. The van der Waals surface area contributed by atoms with Crippen LogP contribution in [0.1, 0.15) is 25.8 Å². The van der Waals surface area contributed by atoms with Gasteiger partial charge in [0.25, 0.3) is 5.89 Å². The molecule has 0 aliphatic carbocycles. The first-order valence-electron chi connectivity index (χ1n) is 6.47. The third kappa shape index (κ3) is 3.13. The molecule has 21 heavy (non-hydrogen) atoms. The molecule has 2 rings (SSSR count). The third-order valence-corrected chi connectivity index (χ3v) is 2.93. The summed E-state index contributed by atoms with van der Waals surface area (Å²) in [6, 6.07) is 2.67. The van der Waals surface area contributed by atoms with E-state index in [1.54, 1.807) is 6.92 Å². The quantitative estimate of drug-likeness (QED) is 0.816. The molecule has 2 aromatic rings. The molecule has 0 amide bonds. The molecule has 0 radical (unpaired) electrons. The van der Waals surface area contributed by atoms with Gasteiger partial charge in [0.2, 0.25) is 5.82 Å². The number of benzene rings is 1. The van der Waals surface area contributed by atoms with Crippen molar-refractivity contribution in [2.75, 3.05) is 20.8 Å². The molecule has 7 heteroatoms. The van der Waals surface area contributed by atoms with Gasteiger partial charge in [0.15, 0.2) is 11.5 Å². The van der Waals surface area contributed by atoms with Crippen LogP contribution in [0.15, 0.2) is 16.7 Å². The first-order valence-corrected chi connectivity index (χ1v) is 6.47. The summed E-state index contributed by atoms with van der Waals surface area (Å²) in [4.78, 5) is 4.15. The molecule has 1 aromatic carbocycles. The highest BCUT2D eigenvalue weighted by Crippen LogP contribution is 2.34. The van der Waals surface area contributed by atoms with E-state index in [2.05, 4.69) is 10.1 Å². The fourth-order valence-electron chi connectivity index (χ4n) is 1.85. The summed E-state index contributed by atoms with van der Waals surface area (Å²) in [6.45, 7) is 4.18. The zero-order valence-electron chi connectivity index (χ0n) is 12.3. The Labute approximate surface area is 121 Å². The fourth-order valence-corrected chi connectivity index (χ4v) is 1.85. The summed E-state index contributed by atoms with van der Waals surface area (Å²) in [5, 5.41) is 3.80. The van der Waals surface area contributed by atoms with Crippen molar-refractivity contribution >= 4 is 0 Å². The first-order chi connectivity index (χ1) is 10.1. The number of aromatic nitrogens is 2. The molecule has 0 bridgehead atoms. The van der Waals surface area contributed by atoms with Gasteiger partial charge in [0, 0.05) is 12.7 Å². The van der Waals surface area contributed by atoms with Crippen LogP contribution in [0.5, 0.6) is 11.5 Å². The van der Waals surface area contributed by atoms with Crippen molar-refractivity contribution in [3.63, 3.8) is 0 Å². The van der Waals surface area contributed by atoms with E-state index in [-0.39, 0.29) is 17.6 Å². The lowest BCUT2D eigenvalue weighted by Gasteiger charge is -2.08. The second kappa shape index (κ2) is 6.53. The average molecular weight is 296 g/mol. The van der Waals surface area contributed by atoms with E-state index in [0.717, 1.165) is 0 Å². The second-order valence-corrected chi connectivity index (χ2v) is 4.24. The highest BCUT2D eigenvalue weighted by Gasteiger charge is 2.20. The van der Waals surface area contributed by atoms with Gasteiger partial charge in [-0.15, -0.1) is 0 Å². The first kappa shape index (κ1) is 15.2. The number of halogens is 1. The smallest absolute Gasteiger partial charge is 0.261 e. The van der Waals surface area contributed by atoms with E-state index < -0.39 is 5.82 Å². The molecule has 0 spiro atoms. The van der Waals surface area contributed by atoms with Crippen LogP contribution in [0.2, 0.25) is 0 Å². The standard InChI is InChI=1S/C14H17FN2O4/c1-5-20-8(2)13-16-14(21-17-13)9-6-11(18-3)12(19-4)7-10(9)15/h6-8H,5H2,1-4H3/t8-/m0/s1. The average Bonchev–Trinajstić information content (AvgIpc) is 2.96. The van der Waals surface area contributed by atoms with Crippen molar-refractivity contribution in [1.82, 2.24) is 10.1 Å². The molecule has 0 N–H and O–H groups in total. The molecule has 1 heterocycles. The lowest BCUT2D eigenvalue weighted by molar-refractivity contribution is 0.0683. The maximum atomic E-state index is 14.1. The number of hydrogen-bond donors (Lipinski definition) is 0. The van der Waals surface area contributed by atoms with Gasteiger partial charge in [0.1, 0.15) is 11.9 Å². The summed E-state index contributed by atoms with van der Waals surface area (Å²) in [5.41, 5.74) is 0.148. The molecule has 1 atom stereocenters. The lowest BCUT2D eigenvalue weighted by Crippen LogP contribution is -2.01. The number of hydrogen-bond acceptors (Lipinski definition) is 6. The van der Waals surface area contributed by atoms with Crippen molar-refractivity contribution in [2.24, 2.45) is 0 Å². The topological polar surface area (TPSA) is 66.6 Å². The van der Waals surface area contributed by atoms with Crippen LogP contribution in [-0.2, 0) is 4.74 Å². The molecule has 0 fully saturated rings. The Hall–Kier alpha value is -2.15. The van der Waals surface area contributed by atoms with Crippen molar-refractivity contribution in [1.29, 1.82) is 0 Å². The predicted molar refractivity (Wildman–Crippen MR) is 72.8 cm³/mol. The molecule has 0 aliphatic heterocycles. The van der Waals surface area contributed by atoms with Crippen LogP contribution in [0.25, 0.3) is 11.5 Å². The Bertz CT molecular complexity index is 615. The van der Waals surface area contributed by atoms with E-state index >= 15 is 0 Å². The summed E-state index contributed by atoms with van der Waals surface area (Å²) in [6.07, 6.45) is -0.323. The summed E-state index contributed by atoms with van der Waals surface area (Å²) < 4.78 is 34.7. The Morgan fingerprint density at radius 3 is 2.52 bits per heavy atom. The van der Waals surface area contributed by atoms with Crippen LogP contribution in [0.4, 0.5) is 4.39 Å². The van der Waals surface area contributed by atoms with Crippen LogP contribution >= 0.6 is 0 Å². The van der Waals surface area contributed by atoms with Gasteiger partial charge in [-0.2, -0.15) is 4.98 Å². The fraction of sp³-hybridized carbons (Fsp3) is 0.429. The van der Waals surface area contributed by atoms with E-state index in [0.29, 0.717) is 23.9 Å². The van der Waals surface area contributed by atoms with E-state index in [1.165, 1.54) is 26.4 Å². The zero-order valence-corrected chi connectivity index (χ0v) is 12.3. The SMILES string of the molecule is CCO[C@@H](C)c1noc(-c2cc(OC)c(OC)cc2F)n1. The summed E-state index contributed by atoms with van der Waals surface area (Å²) in [5.74, 6) is 0.565. The molecule has 0 aliphatic rings.